The van der Waals surface area contributed by atoms with Gasteiger partial charge in [-0.05, 0) is 18.1 Å². The second-order valence-corrected chi connectivity index (χ2v) is 6.48. The van der Waals surface area contributed by atoms with Crippen LogP contribution in [0.1, 0.15) is 5.56 Å². The number of nitrogens with two attached hydrogens (primary N) is 1. The highest BCUT2D eigenvalue weighted by Crippen LogP contribution is 2.29. The van der Waals surface area contributed by atoms with Crippen LogP contribution in [0.25, 0.3) is 0 Å². The molecule has 0 radical (unpaired) electrons. The minimum atomic E-state index is -3.46. The summed E-state index contributed by atoms with van der Waals surface area (Å²) in [6, 6.07) is 7.33. The summed E-state index contributed by atoms with van der Waals surface area (Å²) in [7, 11) is -0.408. The van der Waals surface area contributed by atoms with Crippen molar-refractivity contribution in [3.8, 4) is 0 Å². The molecule has 0 saturated heterocycles. The Bertz CT molecular complexity index is 513. The molecule has 1 aromatic rings. The zero-order valence-electron chi connectivity index (χ0n) is 10.00. The second-order valence-electron chi connectivity index (χ2n) is 4.41. The Morgan fingerprint density at radius 2 is 2.00 bits per heavy atom. The molecule has 1 heterocycles. The molecule has 94 valence electrons. The van der Waals surface area contributed by atoms with Crippen molar-refractivity contribution in [2.24, 2.45) is 5.73 Å². The lowest BCUT2D eigenvalue weighted by Gasteiger charge is -2.35. The van der Waals surface area contributed by atoms with Gasteiger partial charge in [0.05, 0.1) is 12.2 Å². The summed E-state index contributed by atoms with van der Waals surface area (Å²) in [5.74, 6) is 0. The van der Waals surface area contributed by atoms with Crippen molar-refractivity contribution >= 4 is 15.9 Å². The Balaban J connectivity index is 2.50. The van der Waals surface area contributed by atoms with Gasteiger partial charge in [0.2, 0.25) is 0 Å². The van der Waals surface area contributed by atoms with Crippen LogP contribution < -0.4 is 10.0 Å². The number of benzene rings is 1. The molecule has 17 heavy (non-hydrogen) atoms. The van der Waals surface area contributed by atoms with Gasteiger partial charge >= 0.3 is 10.2 Å². The summed E-state index contributed by atoms with van der Waals surface area (Å²) >= 11 is 0. The molecule has 0 fully saturated rings. The smallest absolute Gasteiger partial charge is 0.303 e. The molecule has 0 saturated carbocycles. The first kappa shape index (κ1) is 12.3. The molecule has 1 unspecified atom stereocenters. The Morgan fingerprint density at radius 1 is 1.35 bits per heavy atom. The van der Waals surface area contributed by atoms with E-state index in [1.54, 1.807) is 0 Å². The zero-order valence-corrected chi connectivity index (χ0v) is 10.8. The highest BCUT2D eigenvalue weighted by atomic mass is 32.2. The first-order chi connectivity index (χ1) is 7.93. The molecule has 0 spiro atoms. The SMILES string of the molecule is CN(C)S(=O)(=O)N1CC(N)Cc2ccccc21. The first-order valence-corrected chi connectivity index (χ1v) is 6.86. The van der Waals surface area contributed by atoms with Crippen molar-refractivity contribution in [1.29, 1.82) is 0 Å². The van der Waals surface area contributed by atoms with Crippen molar-refractivity contribution in [2.75, 3.05) is 24.9 Å². The Morgan fingerprint density at radius 3 is 2.65 bits per heavy atom. The van der Waals surface area contributed by atoms with Crippen molar-refractivity contribution in [2.45, 2.75) is 12.5 Å². The number of nitrogens with zero attached hydrogens (tertiary/aromatic N) is 2. The van der Waals surface area contributed by atoms with Gasteiger partial charge in [0.25, 0.3) is 0 Å². The van der Waals surface area contributed by atoms with E-state index in [-0.39, 0.29) is 6.04 Å². The van der Waals surface area contributed by atoms with Crippen LogP contribution in [0, 0.1) is 0 Å². The Kier molecular flexibility index (Phi) is 3.11. The molecule has 1 aliphatic rings. The van der Waals surface area contributed by atoms with Crippen LogP contribution in [-0.4, -0.2) is 39.4 Å². The molecule has 1 atom stereocenters. The molecule has 6 heteroatoms. The van der Waals surface area contributed by atoms with E-state index in [0.717, 1.165) is 17.7 Å². The standard InChI is InChI=1S/C11H17N3O2S/c1-13(2)17(15,16)14-8-10(12)7-9-5-3-4-6-11(9)14/h3-6,10H,7-8,12H2,1-2H3. The fourth-order valence-electron chi connectivity index (χ4n) is 2.00. The van der Waals surface area contributed by atoms with Crippen molar-refractivity contribution in [1.82, 2.24) is 4.31 Å². The molecule has 0 bridgehead atoms. The van der Waals surface area contributed by atoms with Crippen LogP contribution in [0.2, 0.25) is 0 Å². The third-order valence-electron chi connectivity index (χ3n) is 2.88. The van der Waals surface area contributed by atoms with Crippen molar-refractivity contribution in [3.63, 3.8) is 0 Å². The van der Waals surface area contributed by atoms with Gasteiger partial charge in [-0.15, -0.1) is 0 Å². The van der Waals surface area contributed by atoms with Crippen LogP contribution >= 0.6 is 0 Å². The number of rotatable bonds is 2. The molecule has 0 aliphatic carbocycles. The number of hydrogen-bond donors (Lipinski definition) is 1. The van der Waals surface area contributed by atoms with Gasteiger partial charge in [0, 0.05) is 20.1 Å². The van der Waals surface area contributed by atoms with Crippen LogP contribution in [0.4, 0.5) is 5.69 Å². The monoisotopic (exact) mass is 255 g/mol. The summed E-state index contributed by atoms with van der Waals surface area (Å²) in [5.41, 5.74) is 7.63. The third kappa shape index (κ3) is 2.15. The van der Waals surface area contributed by atoms with Crippen LogP contribution in [0.3, 0.4) is 0 Å². The quantitative estimate of drug-likeness (QED) is 0.820. The highest BCUT2D eigenvalue weighted by molar-refractivity contribution is 7.90. The zero-order chi connectivity index (χ0) is 12.6. The fraction of sp³-hybridized carbons (Fsp3) is 0.455. The largest absolute Gasteiger partial charge is 0.326 e. The first-order valence-electron chi connectivity index (χ1n) is 5.46. The Labute approximate surface area is 102 Å². The van der Waals surface area contributed by atoms with Crippen molar-refractivity contribution in [3.05, 3.63) is 29.8 Å². The maximum atomic E-state index is 12.2. The molecule has 2 rings (SSSR count). The summed E-state index contributed by atoms with van der Waals surface area (Å²) < 4.78 is 27.0. The molecule has 2 N–H and O–H groups in total. The predicted molar refractivity (Wildman–Crippen MR) is 68.1 cm³/mol. The lowest BCUT2D eigenvalue weighted by molar-refractivity contribution is 0.507. The highest BCUT2D eigenvalue weighted by Gasteiger charge is 2.31. The molecule has 5 nitrogen and oxygen atoms in total. The summed E-state index contributed by atoms with van der Waals surface area (Å²) in [6.45, 7) is 0.331. The molecular weight excluding hydrogens is 238 g/mol. The van der Waals surface area contributed by atoms with Gasteiger partial charge in [-0.3, -0.25) is 4.31 Å². The van der Waals surface area contributed by atoms with E-state index in [4.69, 9.17) is 5.73 Å². The number of para-hydroxylation sites is 1. The van der Waals surface area contributed by atoms with Crippen LogP contribution in [0.5, 0.6) is 0 Å². The lowest BCUT2D eigenvalue weighted by atomic mass is 10.0. The van der Waals surface area contributed by atoms with Crippen LogP contribution in [0.15, 0.2) is 24.3 Å². The van der Waals surface area contributed by atoms with Gasteiger partial charge in [-0.2, -0.15) is 12.7 Å². The molecule has 1 aromatic carbocycles. The van der Waals surface area contributed by atoms with E-state index < -0.39 is 10.2 Å². The minimum absolute atomic E-state index is 0.153. The van der Waals surface area contributed by atoms with E-state index in [1.165, 1.54) is 22.7 Å². The maximum Gasteiger partial charge on any atom is 0.303 e. The number of fused-ring (bicyclic) bond motifs is 1. The van der Waals surface area contributed by atoms with Crippen molar-refractivity contribution < 1.29 is 8.42 Å². The minimum Gasteiger partial charge on any atom is -0.326 e. The average Bonchev–Trinajstić information content (AvgIpc) is 2.27. The van der Waals surface area contributed by atoms with E-state index >= 15 is 0 Å². The lowest BCUT2D eigenvalue weighted by Crippen LogP contribution is -2.49. The van der Waals surface area contributed by atoms with E-state index in [9.17, 15) is 8.42 Å². The van der Waals surface area contributed by atoms with Crippen LogP contribution in [-0.2, 0) is 16.6 Å². The van der Waals surface area contributed by atoms with Gasteiger partial charge in [0.1, 0.15) is 0 Å². The summed E-state index contributed by atoms with van der Waals surface area (Å²) in [6.07, 6.45) is 0.718. The average molecular weight is 255 g/mol. The van der Waals surface area contributed by atoms with Gasteiger partial charge in [-0.25, -0.2) is 0 Å². The topological polar surface area (TPSA) is 66.6 Å². The van der Waals surface area contributed by atoms with Gasteiger partial charge < -0.3 is 5.73 Å². The maximum absolute atomic E-state index is 12.2. The molecule has 0 aromatic heterocycles. The summed E-state index contributed by atoms with van der Waals surface area (Å²) in [4.78, 5) is 0. The summed E-state index contributed by atoms with van der Waals surface area (Å²) in [5, 5.41) is 0. The number of anilines is 1. The normalized spacial score (nSPS) is 20.5. The van der Waals surface area contributed by atoms with Gasteiger partial charge in [0.15, 0.2) is 0 Å². The van der Waals surface area contributed by atoms with Gasteiger partial charge in [-0.1, -0.05) is 18.2 Å². The van der Waals surface area contributed by atoms with E-state index in [1.807, 2.05) is 24.3 Å². The predicted octanol–water partition coefficient (Wildman–Crippen LogP) is 0.183. The second kappa shape index (κ2) is 4.29. The van der Waals surface area contributed by atoms with E-state index in [0.29, 0.717) is 6.54 Å². The fourth-order valence-corrected chi connectivity index (χ4v) is 3.20. The Hall–Kier alpha value is -1.11. The molecular formula is C11H17N3O2S. The molecule has 1 aliphatic heterocycles. The molecule has 0 amide bonds. The third-order valence-corrected chi connectivity index (χ3v) is 4.71. The van der Waals surface area contributed by atoms with E-state index in [2.05, 4.69) is 0 Å². The number of hydrogen-bond acceptors (Lipinski definition) is 3.